The summed E-state index contributed by atoms with van der Waals surface area (Å²) in [4.78, 5) is 12.9. The molecule has 0 bridgehead atoms. The van der Waals surface area contributed by atoms with Crippen molar-refractivity contribution in [2.45, 2.75) is 6.42 Å². The summed E-state index contributed by atoms with van der Waals surface area (Å²) in [5.41, 5.74) is 0. The monoisotopic (exact) mass is 306 g/mol. The van der Waals surface area contributed by atoms with E-state index in [4.69, 9.17) is 23.7 Å². The van der Waals surface area contributed by atoms with E-state index in [1.165, 1.54) is 4.90 Å². The first-order valence-corrected chi connectivity index (χ1v) is 7.54. The number of carbonyl (C=O) groups is 1. The minimum atomic E-state index is -0.206. The van der Waals surface area contributed by atoms with Gasteiger partial charge in [-0.2, -0.15) is 0 Å². The molecule has 1 rings (SSSR count). The number of rotatable bonds is 12. The Labute approximate surface area is 126 Å². The number of carbonyl (C=O) groups excluding carboxylic acids is 1. The van der Waals surface area contributed by atoms with Gasteiger partial charge in [-0.15, -0.1) is 0 Å². The molecule has 1 N–H and O–H groups in total. The van der Waals surface area contributed by atoms with Crippen LogP contribution in [0.15, 0.2) is 0 Å². The molecule has 0 unspecified atom stereocenters. The van der Waals surface area contributed by atoms with Crippen molar-refractivity contribution in [3.63, 3.8) is 0 Å². The minimum absolute atomic E-state index is 0.206. The highest BCUT2D eigenvalue weighted by Crippen LogP contribution is 1.88. The fraction of sp³-hybridized carbons (Fsp3) is 0.929. The summed E-state index contributed by atoms with van der Waals surface area (Å²) in [7, 11) is 1.63. The fourth-order valence-electron chi connectivity index (χ4n) is 1.91. The van der Waals surface area contributed by atoms with Gasteiger partial charge in [0.25, 0.3) is 0 Å². The standard InChI is InChI=1S/C14H27NO6/c1-17-10-11-20-13-12-18-6-2-14(16)21-9-5-15-3-7-19-8-4-15/h2-13H2,1H3/p+1. The molecule has 1 heterocycles. The van der Waals surface area contributed by atoms with Crippen molar-refractivity contribution >= 4 is 5.97 Å². The van der Waals surface area contributed by atoms with Crippen molar-refractivity contribution in [2.75, 3.05) is 79.6 Å². The van der Waals surface area contributed by atoms with Gasteiger partial charge in [-0.1, -0.05) is 0 Å². The molecular formula is C14H28NO6+. The lowest BCUT2D eigenvalue weighted by Gasteiger charge is -2.23. The number of hydrogen-bond donors (Lipinski definition) is 1. The van der Waals surface area contributed by atoms with E-state index in [-0.39, 0.29) is 12.4 Å². The lowest BCUT2D eigenvalue weighted by molar-refractivity contribution is -0.908. The summed E-state index contributed by atoms with van der Waals surface area (Å²) < 4.78 is 25.8. The molecule has 1 aliphatic rings. The summed E-state index contributed by atoms with van der Waals surface area (Å²) in [5, 5.41) is 0. The lowest BCUT2D eigenvalue weighted by Crippen LogP contribution is -3.14. The number of methoxy groups -OCH3 is 1. The van der Waals surface area contributed by atoms with Crippen LogP contribution in [0.3, 0.4) is 0 Å². The molecule has 0 amide bonds. The number of hydrogen-bond acceptors (Lipinski definition) is 6. The van der Waals surface area contributed by atoms with Crippen molar-refractivity contribution in [2.24, 2.45) is 0 Å². The van der Waals surface area contributed by atoms with Crippen molar-refractivity contribution < 1.29 is 33.4 Å². The molecule has 1 aliphatic heterocycles. The van der Waals surface area contributed by atoms with Gasteiger partial charge in [-0.25, -0.2) is 0 Å². The molecule has 0 saturated carbocycles. The average Bonchev–Trinajstić information content (AvgIpc) is 2.51. The van der Waals surface area contributed by atoms with Gasteiger partial charge in [0.05, 0.1) is 52.7 Å². The van der Waals surface area contributed by atoms with Crippen LogP contribution in [0.25, 0.3) is 0 Å². The fourth-order valence-corrected chi connectivity index (χ4v) is 1.91. The van der Waals surface area contributed by atoms with Gasteiger partial charge in [0.15, 0.2) is 0 Å². The molecule has 0 aromatic rings. The quantitative estimate of drug-likeness (QED) is 0.350. The maximum atomic E-state index is 11.5. The molecule has 1 saturated heterocycles. The second kappa shape index (κ2) is 13.0. The zero-order valence-electron chi connectivity index (χ0n) is 12.9. The molecule has 0 atom stereocenters. The van der Waals surface area contributed by atoms with Gasteiger partial charge >= 0.3 is 5.97 Å². The van der Waals surface area contributed by atoms with Crippen LogP contribution < -0.4 is 4.90 Å². The molecule has 7 nitrogen and oxygen atoms in total. The van der Waals surface area contributed by atoms with Gasteiger partial charge in [0.2, 0.25) is 0 Å². The van der Waals surface area contributed by atoms with E-state index >= 15 is 0 Å². The van der Waals surface area contributed by atoms with Crippen LogP contribution in [-0.2, 0) is 28.5 Å². The SMILES string of the molecule is COCCOCCOCCC(=O)OCC[NH+]1CCOCC1. The van der Waals surface area contributed by atoms with Crippen molar-refractivity contribution in [1.82, 2.24) is 0 Å². The first kappa shape index (κ1) is 18.3. The Bertz CT molecular complexity index is 258. The number of ether oxygens (including phenoxy) is 5. The Morgan fingerprint density at radius 3 is 2.38 bits per heavy atom. The predicted molar refractivity (Wildman–Crippen MR) is 75.5 cm³/mol. The highest BCUT2D eigenvalue weighted by molar-refractivity contribution is 5.69. The van der Waals surface area contributed by atoms with Crippen molar-refractivity contribution in [1.29, 1.82) is 0 Å². The van der Waals surface area contributed by atoms with E-state index in [0.717, 1.165) is 32.8 Å². The minimum Gasteiger partial charge on any atom is -0.460 e. The van der Waals surface area contributed by atoms with Crippen LogP contribution in [0, 0.1) is 0 Å². The van der Waals surface area contributed by atoms with Gasteiger partial charge in [0.1, 0.15) is 26.2 Å². The topological polar surface area (TPSA) is 67.7 Å². The van der Waals surface area contributed by atoms with Crippen molar-refractivity contribution in [3.8, 4) is 0 Å². The van der Waals surface area contributed by atoms with Crippen LogP contribution >= 0.6 is 0 Å². The second-order valence-corrected chi connectivity index (χ2v) is 4.80. The molecule has 124 valence electrons. The third kappa shape index (κ3) is 10.6. The van der Waals surface area contributed by atoms with Gasteiger partial charge in [0, 0.05) is 7.11 Å². The van der Waals surface area contributed by atoms with Crippen LogP contribution in [0.1, 0.15) is 6.42 Å². The Morgan fingerprint density at radius 2 is 1.67 bits per heavy atom. The first-order valence-electron chi connectivity index (χ1n) is 7.54. The molecule has 1 fully saturated rings. The molecule has 0 aromatic carbocycles. The van der Waals surface area contributed by atoms with Gasteiger partial charge < -0.3 is 28.6 Å². The van der Waals surface area contributed by atoms with Gasteiger partial charge in [-0.05, 0) is 0 Å². The molecule has 21 heavy (non-hydrogen) atoms. The van der Waals surface area contributed by atoms with Crippen LogP contribution in [0.4, 0.5) is 0 Å². The molecule has 7 heteroatoms. The molecule has 0 aliphatic carbocycles. The number of morpholine rings is 1. The zero-order valence-corrected chi connectivity index (χ0v) is 12.9. The highest BCUT2D eigenvalue weighted by atomic mass is 16.5. The maximum absolute atomic E-state index is 11.5. The summed E-state index contributed by atoms with van der Waals surface area (Å²) in [5.74, 6) is -0.206. The Balaban J connectivity index is 1.83. The third-order valence-electron chi connectivity index (χ3n) is 3.17. The first-order chi connectivity index (χ1) is 10.3. The van der Waals surface area contributed by atoms with Crippen molar-refractivity contribution in [3.05, 3.63) is 0 Å². The Hall–Kier alpha value is -0.730. The summed E-state index contributed by atoms with van der Waals surface area (Å²) in [6.07, 6.45) is 0.288. The number of nitrogens with one attached hydrogen (secondary N) is 1. The predicted octanol–water partition coefficient (Wildman–Crippen LogP) is -1.49. The maximum Gasteiger partial charge on any atom is 0.308 e. The second-order valence-electron chi connectivity index (χ2n) is 4.80. The smallest absolute Gasteiger partial charge is 0.308 e. The van der Waals surface area contributed by atoms with Crippen LogP contribution in [0.2, 0.25) is 0 Å². The van der Waals surface area contributed by atoms with E-state index in [9.17, 15) is 4.79 Å². The zero-order chi connectivity index (χ0) is 15.2. The van der Waals surface area contributed by atoms with Crippen LogP contribution in [-0.4, -0.2) is 85.6 Å². The molecule has 0 radical (unpaired) electrons. The third-order valence-corrected chi connectivity index (χ3v) is 3.17. The summed E-state index contributed by atoms with van der Waals surface area (Å²) in [6, 6.07) is 0. The Kier molecular flexibility index (Phi) is 11.3. The van der Waals surface area contributed by atoms with Crippen LogP contribution in [0.5, 0.6) is 0 Å². The summed E-state index contributed by atoms with van der Waals surface area (Å²) >= 11 is 0. The normalized spacial score (nSPS) is 16.0. The van der Waals surface area contributed by atoms with Gasteiger partial charge in [-0.3, -0.25) is 4.79 Å². The number of esters is 1. The lowest BCUT2D eigenvalue weighted by atomic mass is 10.4. The highest BCUT2D eigenvalue weighted by Gasteiger charge is 2.14. The van der Waals surface area contributed by atoms with E-state index in [2.05, 4.69) is 0 Å². The molecule has 0 spiro atoms. The Morgan fingerprint density at radius 1 is 1.00 bits per heavy atom. The molecule has 0 aromatic heterocycles. The van der Waals surface area contributed by atoms with E-state index in [1.54, 1.807) is 7.11 Å². The largest absolute Gasteiger partial charge is 0.460 e. The van der Waals surface area contributed by atoms with E-state index in [1.807, 2.05) is 0 Å². The van der Waals surface area contributed by atoms with E-state index in [0.29, 0.717) is 39.6 Å². The van der Waals surface area contributed by atoms with E-state index < -0.39 is 0 Å². The molecular weight excluding hydrogens is 278 g/mol. The average molecular weight is 306 g/mol. The number of quaternary nitrogens is 1. The summed E-state index contributed by atoms with van der Waals surface area (Å²) in [6.45, 7) is 7.39.